The summed E-state index contributed by atoms with van der Waals surface area (Å²) in [5.41, 5.74) is 9.64. The lowest BCUT2D eigenvalue weighted by molar-refractivity contribution is 0.661. The van der Waals surface area contributed by atoms with Crippen molar-refractivity contribution in [3.05, 3.63) is 46.3 Å². The number of rotatable bonds is 5. The maximum Gasteiger partial charge on any atom is 0.165 e. The van der Waals surface area contributed by atoms with E-state index in [1.54, 1.807) is 0 Å². The molecule has 0 saturated heterocycles. The molecule has 1 aliphatic carbocycles. The number of fused-ring (bicyclic) bond motifs is 2. The Labute approximate surface area is 162 Å². The van der Waals surface area contributed by atoms with Crippen LogP contribution >= 0.6 is 0 Å². The first-order valence-corrected chi connectivity index (χ1v) is 10.3. The number of nitrogens with zero attached hydrogens (tertiary/aromatic N) is 3. The van der Waals surface area contributed by atoms with Crippen LogP contribution in [0.25, 0.3) is 16.8 Å². The predicted octanol–water partition coefficient (Wildman–Crippen LogP) is 5.41. The Morgan fingerprint density at radius 1 is 1.11 bits per heavy atom. The van der Waals surface area contributed by atoms with Gasteiger partial charge < -0.3 is 5.32 Å². The van der Waals surface area contributed by atoms with E-state index in [0.717, 1.165) is 37.0 Å². The second-order valence-corrected chi connectivity index (χ2v) is 7.91. The number of aryl methyl sites for hydroxylation is 4. The van der Waals surface area contributed by atoms with E-state index in [4.69, 9.17) is 10.1 Å². The molecule has 27 heavy (non-hydrogen) atoms. The minimum Gasteiger partial charge on any atom is -0.367 e. The van der Waals surface area contributed by atoms with Gasteiger partial charge in [0.05, 0.1) is 5.69 Å². The first kappa shape index (κ1) is 18.0. The molecule has 0 fully saturated rings. The molecule has 0 amide bonds. The molecule has 1 aliphatic rings. The molecule has 3 aromatic rings. The Morgan fingerprint density at radius 3 is 2.63 bits per heavy atom. The predicted molar refractivity (Wildman–Crippen MR) is 113 cm³/mol. The third kappa shape index (κ3) is 3.01. The first-order chi connectivity index (χ1) is 13.0. The largest absolute Gasteiger partial charge is 0.367 e. The molecule has 0 atom stereocenters. The van der Waals surface area contributed by atoms with Crippen molar-refractivity contribution in [2.45, 2.75) is 72.8 Å². The molecule has 0 saturated carbocycles. The zero-order valence-corrected chi connectivity index (χ0v) is 17.2. The molecular formula is C23H30N4. The molecule has 142 valence electrons. The van der Waals surface area contributed by atoms with Gasteiger partial charge in [-0.1, -0.05) is 37.6 Å². The van der Waals surface area contributed by atoms with Crippen LogP contribution in [0.15, 0.2) is 18.2 Å². The molecule has 0 spiro atoms. The second-order valence-electron chi connectivity index (χ2n) is 7.91. The normalized spacial score (nSPS) is 13.6. The van der Waals surface area contributed by atoms with Gasteiger partial charge in [-0.2, -0.15) is 9.61 Å². The van der Waals surface area contributed by atoms with E-state index in [-0.39, 0.29) is 0 Å². The van der Waals surface area contributed by atoms with Gasteiger partial charge in [0.1, 0.15) is 5.82 Å². The highest BCUT2D eigenvalue weighted by Gasteiger charge is 2.25. The molecule has 2 aromatic heterocycles. The average molecular weight is 363 g/mol. The molecule has 2 heterocycles. The molecule has 0 aliphatic heterocycles. The molecule has 1 N–H and O–H groups in total. The minimum absolute atomic E-state index is 0.467. The van der Waals surface area contributed by atoms with Crippen molar-refractivity contribution >= 4 is 11.5 Å². The number of hydrogen-bond donors (Lipinski definition) is 1. The molecule has 1 aromatic carbocycles. The van der Waals surface area contributed by atoms with Crippen molar-refractivity contribution < 1.29 is 0 Å². The third-order valence-electron chi connectivity index (χ3n) is 5.95. The van der Waals surface area contributed by atoms with E-state index in [9.17, 15) is 0 Å². The minimum atomic E-state index is 0.467. The summed E-state index contributed by atoms with van der Waals surface area (Å²) >= 11 is 0. The second kappa shape index (κ2) is 6.99. The van der Waals surface area contributed by atoms with Crippen molar-refractivity contribution in [3.8, 4) is 11.1 Å². The SMILES string of the molecule is CCC(CC)Nc1c2c(nc3c(-c4cc(C)ccc4C)c(C)nn13)CCC2. The summed E-state index contributed by atoms with van der Waals surface area (Å²) in [5, 5.41) is 8.75. The summed E-state index contributed by atoms with van der Waals surface area (Å²) in [4.78, 5) is 5.10. The highest BCUT2D eigenvalue weighted by Crippen LogP contribution is 2.36. The van der Waals surface area contributed by atoms with Gasteiger partial charge >= 0.3 is 0 Å². The Bertz CT molecular complexity index is 996. The van der Waals surface area contributed by atoms with Gasteiger partial charge in [-0.15, -0.1) is 0 Å². The standard InChI is InChI=1S/C23H30N4/c1-6-17(7-2)24-22-18-9-8-10-20(18)25-23-21(16(5)26-27(22)23)19-13-14(3)11-12-15(19)4/h11-13,17,24H,6-10H2,1-5H3. The maximum absolute atomic E-state index is 5.10. The lowest BCUT2D eigenvalue weighted by atomic mass is 9.98. The monoisotopic (exact) mass is 362 g/mol. The van der Waals surface area contributed by atoms with Crippen molar-refractivity contribution in [1.29, 1.82) is 0 Å². The molecule has 4 heteroatoms. The van der Waals surface area contributed by atoms with Crippen molar-refractivity contribution in [2.24, 2.45) is 0 Å². The van der Waals surface area contributed by atoms with Crippen LogP contribution in [0.1, 0.15) is 61.2 Å². The van der Waals surface area contributed by atoms with Crippen LogP contribution in [0.3, 0.4) is 0 Å². The van der Waals surface area contributed by atoms with Crippen LogP contribution in [0, 0.1) is 20.8 Å². The molecule has 0 radical (unpaired) electrons. The van der Waals surface area contributed by atoms with Gasteiger partial charge in [-0.05, 0) is 64.0 Å². The van der Waals surface area contributed by atoms with Gasteiger partial charge in [0.15, 0.2) is 5.65 Å². The summed E-state index contributed by atoms with van der Waals surface area (Å²) < 4.78 is 2.08. The fraction of sp³-hybridized carbons (Fsp3) is 0.478. The van der Waals surface area contributed by atoms with Crippen LogP contribution in [0.2, 0.25) is 0 Å². The van der Waals surface area contributed by atoms with Crippen molar-refractivity contribution in [3.63, 3.8) is 0 Å². The maximum atomic E-state index is 5.10. The fourth-order valence-corrected chi connectivity index (χ4v) is 4.29. The topological polar surface area (TPSA) is 42.2 Å². The van der Waals surface area contributed by atoms with E-state index in [1.165, 1.54) is 45.7 Å². The quantitative estimate of drug-likeness (QED) is 0.660. The Hall–Kier alpha value is -2.36. The zero-order valence-electron chi connectivity index (χ0n) is 17.2. The fourth-order valence-electron chi connectivity index (χ4n) is 4.29. The molecule has 0 bridgehead atoms. The molecule has 4 rings (SSSR count). The van der Waals surface area contributed by atoms with Crippen molar-refractivity contribution in [2.75, 3.05) is 5.32 Å². The van der Waals surface area contributed by atoms with E-state index < -0.39 is 0 Å². The lowest BCUT2D eigenvalue weighted by Gasteiger charge is -2.20. The van der Waals surface area contributed by atoms with Crippen LogP contribution in [0.4, 0.5) is 5.82 Å². The van der Waals surface area contributed by atoms with Gasteiger partial charge in [-0.3, -0.25) is 0 Å². The number of anilines is 1. The van der Waals surface area contributed by atoms with E-state index >= 15 is 0 Å². The van der Waals surface area contributed by atoms with E-state index in [2.05, 4.69) is 62.6 Å². The number of aromatic nitrogens is 3. The summed E-state index contributed by atoms with van der Waals surface area (Å²) in [6, 6.07) is 7.10. The van der Waals surface area contributed by atoms with Crippen LogP contribution in [0.5, 0.6) is 0 Å². The molecule has 4 nitrogen and oxygen atoms in total. The summed E-state index contributed by atoms with van der Waals surface area (Å²) in [6.07, 6.45) is 5.57. The Kier molecular flexibility index (Phi) is 4.67. The lowest BCUT2D eigenvalue weighted by Crippen LogP contribution is -2.21. The summed E-state index contributed by atoms with van der Waals surface area (Å²) in [5.74, 6) is 1.17. The van der Waals surface area contributed by atoms with E-state index in [0.29, 0.717) is 6.04 Å². The van der Waals surface area contributed by atoms with Crippen molar-refractivity contribution in [1.82, 2.24) is 14.6 Å². The van der Waals surface area contributed by atoms with Gasteiger partial charge in [-0.25, -0.2) is 4.98 Å². The van der Waals surface area contributed by atoms with Crippen LogP contribution in [-0.4, -0.2) is 20.6 Å². The number of benzene rings is 1. The van der Waals surface area contributed by atoms with Gasteiger partial charge in [0.25, 0.3) is 0 Å². The number of hydrogen-bond acceptors (Lipinski definition) is 3. The number of nitrogens with one attached hydrogen (secondary N) is 1. The van der Waals surface area contributed by atoms with Gasteiger partial charge in [0.2, 0.25) is 0 Å². The van der Waals surface area contributed by atoms with Gasteiger partial charge in [0, 0.05) is 22.9 Å². The highest BCUT2D eigenvalue weighted by molar-refractivity contribution is 5.83. The smallest absolute Gasteiger partial charge is 0.165 e. The van der Waals surface area contributed by atoms with Crippen LogP contribution in [-0.2, 0) is 12.8 Å². The summed E-state index contributed by atoms with van der Waals surface area (Å²) in [7, 11) is 0. The third-order valence-corrected chi connectivity index (χ3v) is 5.95. The Balaban J connectivity index is 1.98. The zero-order chi connectivity index (χ0) is 19.1. The highest BCUT2D eigenvalue weighted by atomic mass is 15.3. The first-order valence-electron chi connectivity index (χ1n) is 10.3. The average Bonchev–Trinajstić information content (AvgIpc) is 3.24. The molecular weight excluding hydrogens is 332 g/mol. The van der Waals surface area contributed by atoms with E-state index in [1.807, 2.05) is 0 Å². The van der Waals surface area contributed by atoms with Crippen LogP contribution < -0.4 is 5.32 Å². The summed E-state index contributed by atoms with van der Waals surface area (Å²) in [6.45, 7) is 10.9. The Morgan fingerprint density at radius 2 is 1.89 bits per heavy atom. The molecule has 0 unspecified atom stereocenters.